The first-order valence-electron chi connectivity index (χ1n) is 6.67. The molecule has 0 saturated heterocycles. The van der Waals surface area contributed by atoms with Gasteiger partial charge in [-0.15, -0.1) is 0 Å². The van der Waals surface area contributed by atoms with E-state index < -0.39 is 11.2 Å². The lowest BCUT2D eigenvalue weighted by molar-refractivity contribution is -0.119. The molecule has 1 aliphatic rings. The average Bonchev–Trinajstić information content (AvgIpc) is 3.22. The summed E-state index contributed by atoms with van der Waals surface area (Å²) in [7, 11) is 1.49. The van der Waals surface area contributed by atoms with Gasteiger partial charge >= 0.3 is 5.69 Å². The fourth-order valence-corrected chi connectivity index (χ4v) is 1.84. The molecule has 21 heavy (non-hydrogen) atoms. The van der Waals surface area contributed by atoms with Gasteiger partial charge in [0.25, 0.3) is 5.56 Å². The number of H-pyrrole nitrogens is 1. The third kappa shape index (κ3) is 3.85. The highest BCUT2D eigenvalue weighted by atomic mass is 16.5. The molecule has 1 aromatic rings. The molecule has 1 fully saturated rings. The number of carbonyl (C=O) groups is 1. The molecular weight excluding hydrogens is 278 g/mol. The largest absolute Gasteiger partial charge is 0.383 e. The molecule has 1 heterocycles. The first-order valence-corrected chi connectivity index (χ1v) is 6.67. The van der Waals surface area contributed by atoms with E-state index in [1.807, 2.05) is 0 Å². The van der Waals surface area contributed by atoms with Crippen molar-refractivity contribution < 1.29 is 9.53 Å². The second-order valence-corrected chi connectivity index (χ2v) is 4.86. The molecule has 1 amide bonds. The number of hydrogen-bond acceptors (Lipinski definition) is 6. The van der Waals surface area contributed by atoms with Crippen molar-refractivity contribution in [2.45, 2.75) is 25.4 Å². The minimum atomic E-state index is -0.648. The Hall–Kier alpha value is -2.29. The number of nitrogens with two attached hydrogens (primary N) is 1. The fourth-order valence-electron chi connectivity index (χ4n) is 1.84. The van der Waals surface area contributed by atoms with Crippen molar-refractivity contribution in [1.29, 1.82) is 0 Å². The van der Waals surface area contributed by atoms with Gasteiger partial charge in [-0.05, 0) is 12.8 Å². The monoisotopic (exact) mass is 297 g/mol. The van der Waals surface area contributed by atoms with E-state index in [0.29, 0.717) is 0 Å². The minimum absolute atomic E-state index is 0.0108. The zero-order chi connectivity index (χ0) is 15.4. The maximum absolute atomic E-state index is 11.8. The average molecular weight is 297 g/mol. The Morgan fingerprint density at radius 2 is 2.19 bits per heavy atom. The van der Waals surface area contributed by atoms with Crippen LogP contribution in [0, 0.1) is 0 Å². The molecule has 0 spiro atoms. The number of hydrogen-bond donors (Lipinski definition) is 4. The highest BCUT2D eigenvalue weighted by Crippen LogP contribution is 2.18. The van der Waals surface area contributed by atoms with Gasteiger partial charge in [-0.1, -0.05) is 0 Å². The number of rotatable bonds is 7. The van der Waals surface area contributed by atoms with Gasteiger partial charge in [0, 0.05) is 13.2 Å². The van der Waals surface area contributed by atoms with Crippen molar-refractivity contribution in [2.75, 3.05) is 31.3 Å². The Balaban J connectivity index is 2.11. The summed E-state index contributed by atoms with van der Waals surface area (Å²) in [5, 5.41) is 5.46. The molecule has 1 aromatic heterocycles. The smallest absolute Gasteiger partial charge is 0.330 e. The van der Waals surface area contributed by atoms with Crippen LogP contribution in [0.15, 0.2) is 9.59 Å². The third-order valence-electron chi connectivity index (χ3n) is 3.13. The van der Waals surface area contributed by atoms with Crippen molar-refractivity contribution in [2.24, 2.45) is 0 Å². The van der Waals surface area contributed by atoms with Crippen LogP contribution < -0.4 is 27.6 Å². The summed E-state index contributed by atoms with van der Waals surface area (Å²) < 4.78 is 6.07. The fraction of sp³-hybridized carbons (Fsp3) is 0.583. The van der Waals surface area contributed by atoms with Gasteiger partial charge in [0.05, 0.1) is 19.7 Å². The van der Waals surface area contributed by atoms with Crippen LogP contribution in [0.4, 0.5) is 11.5 Å². The molecule has 2 rings (SSSR count). The molecule has 0 atom stereocenters. The van der Waals surface area contributed by atoms with Gasteiger partial charge in [-0.3, -0.25) is 19.1 Å². The lowest BCUT2D eigenvalue weighted by Gasteiger charge is -2.13. The molecule has 0 aliphatic heterocycles. The Kier molecular flexibility index (Phi) is 4.63. The second-order valence-electron chi connectivity index (χ2n) is 4.86. The van der Waals surface area contributed by atoms with Crippen LogP contribution in [-0.2, 0) is 16.1 Å². The molecule has 1 aliphatic carbocycles. The summed E-state index contributed by atoms with van der Waals surface area (Å²) in [4.78, 5) is 37.2. The van der Waals surface area contributed by atoms with Crippen molar-refractivity contribution in [3.8, 4) is 0 Å². The molecule has 1 saturated carbocycles. The molecule has 0 radical (unpaired) electrons. The van der Waals surface area contributed by atoms with E-state index in [2.05, 4.69) is 15.6 Å². The van der Waals surface area contributed by atoms with Crippen molar-refractivity contribution in [1.82, 2.24) is 14.9 Å². The lowest BCUT2D eigenvalue weighted by atomic mass is 10.4. The van der Waals surface area contributed by atoms with Crippen LogP contribution in [0.1, 0.15) is 12.8 Å². The molecular formula is C12H19N5O4. The van der Waals surface area contributed by atoms with Gasteiger partial charge < -0.3 is 21.1 Å². The predicted octanol–water partition coefficient (Wildman–Crippen LogP) is -1.54. The topological polar surface area (TPSA) is 131 Å². The number of ether oxygens (including phenoxy) is 1. The Morgan fingerprint density at radius 1 is 1.48 bits per heavy atom. The number of aromatic nitrogens is 2. The molecule has 0 unspecified atom stereocenters. The second kappa shape index (κ2) is 6.44. The van der Waals surface area contributed by atoms with Crippen LogP contribution in [0.5, 0.6) is 0 Å². The van der Waals surface area contributed by atoms with Crippen molar-refractivity contribution in [3.05, 3.63) is 20.8 Å². The first-order chi connectivity index (χ1) is 10.0. The van der Waals surface area contributed by atoms with E-state index in [0.717, 1.165) is 12.8 Å². The molecule has 9 heteroatoms. The number of aromatic amines is 1. The number of carbonyl (C=O) groups excluding carboxylic acids is 1. The van der Waals surface area contributed by atoms with E-state index >= 15 is 0 Å². The van der Waals surface area contributed by atoms with Crippen molar-refractivity contribution in [3.63, 3.8) is 0 Å². The van der Waals surface area contributed by atoms with E-state index in [1.165, 1.54) is 11.7 Å². The van der Waals surface area contributed by atoms with Gasteiger partial charge in [-0.25, -0.2) is 4.79 Å². The maximum Gasteiger partial charge on any atom is 0.330 e. The number of methoxy groups -OCH3 is 1. The van der Waals surface area contributed by atoms with Gasteiger partial charge in [0.15, 0.2) is 0 Å². The third-order valence-corrected chi connectivity index (χ3v) is 3.13. The quantitative estimate of drug-likeness (QED) is 0.482. The molecule has 9 nitrogen and oxygen atoms in total. The maximum atomic E-state index is 11.8. The highest BCUT2D eigenvalue weighted by Gasteiger charge is 2.23. The zero-order valence-electron chi connectivity index (χ0n) is 11.8. The van der Waals surface area contributed by atoms with E-state index in [9.17, 15) is 14.4 Å². The van der Waals surface area contributed by atoms with Crippen LogP contribution in [0.25, 0.3) is 0 Å². The Labute approximate surface area is 120 Å². The summed E-state index contributed by atoms with van der Waals surface area (Å²) in [6.45, 7) is 0.408. The molecule has 0 aromatic carbocycles. The molecule has 5 N–H and O–H groups in total. The van der Waals surface area contributed by atoms with Gasteiger partial charge in [0.1, 0.15) is 11.5 Å². The SMILES string of the molecule is COCCn1c(N)c(NCC(=O)NC2CC2)c(=O)[nH]c1=O. The normalized spacial score (nSPS) is 14.0. The number of amides is 1. The highest BCUT2D eigenvalue weighted by molar-refractivity contribution is 5.82. The van der Waals surface area contributed by atoms with Crippen molar-refractivity contribution >= 4 is 17.4 Å². The molecule has 116 valence electrons. The van der Waals surface area contributed by atoms with E-state index in [-0.39, 0.29) is 43.2 Å². The summed E-state index contributed by atoms with van der Waals surface area (Å²) in [6, 6.07) is 0.241. The minimum Gasteiger partial charge on any atom is -0.383 e. The molecule has 0 bridgehead atoms. The summed E-state index contributed by atoms with van der Waals surface area (Å²) >= 11 is 0. The van der Waals surface area contributed by atoms with Gasteiger partial charge in [0.2, 0.25) is 5.91 Å². The first kappa shape index (κ1) is 15.1. The number of nitrogens with zero attached hydrogens (tertiary/aromatic N) is 1. The summed E-state index contributed by atoms with van der Waals surface area (Å²) in [5.74, 6) is -0.231. The predicted molar refractivity (Wildman–Crippen MR) is 77.3 cm³/mol. The van der Waals surface area contributed by atoms with E-state index in [1.54, 1.807) is 0 Å². The van der Waals surface area contributed by atoms with Gasteiger partial charge in [-0.2, -0.15) is 0 Å². The van der Waals surface area contributed by atoms with Crippen LogP contribution in [-0.4, -0.2) is 41.8 Å². The lowest BCUT2D eigenvalue weighted by Crippen LogP contribution is -2.37. The Morgan fingerprint density at radius 3 is 2.81 bits per heavy atom. The standard InChI is InChI=1S/C12H19N5O4/c1-21-5-4-17-10(13)9(11(19)16-12(17)20)14-6-8(18)15-7-2-3-7/h7,14H,2-6,13H2,1H3,(H,15,18)(H,16,19,20). The zero-order valence-corrected chi connectivity index (χ0v) is 11.8. The number of nitrogens with one attached hydrogen (secondary N) is 3. The van der Waals surface area contributed by atoms with Crippen LogP contribution >= 0.6 is 0 Å². The van der Waals surface area contributed by atoms with E-state index in [4.69, 9.17) is 10.5 Å². The van der Waals surface area contributed by atoms with Crippen LogP contribution in [0.2, 0.25) is 0 Å². The number of nitrogen functional groups attached to an aromatic ring is 1. The summed E-state index contributed by atoms with van der Waals surface area (Å²) in [6.07, 6.45) is 1.96. The number of anilines is 2. The summed E-state index contributed by atoms with van der Waals surface area (Å²) in [5.41, 5.74) is 4.57. The Bertz CT molecular complexity index is 632. The van der Waals surface area contributed by atoms with Crippen LogP contribution in [0.3, 0.4) is 0 Å².